The molecule has 5 nitrogen and oxygen atoms in total. The number of hydrogen-bond acceptors (Lipinski definition) is 5. The van der Waals surface area contributed by atoms with Crippen molar-refractivity contribution < 1.29 is 27.0 Å². The first kappa shape index (κ1) is 29.1. The Kier molecular flexibility index (Phi) is 8.36. The largest absolute Gasteiger partial charge is 0.435 e. The molecule has 0 bridgehead atoms. The van der Waals surface area contributed by atoms with Gasteiger partial charge in [0.2, 0.25) is 0 Å². The normalized spacial score (nSPS) is 17.7. The van der Waals surface area contributed by atoms with Crippen LogP contribution in [0, 0.1) is 0 Å². The molecule has 0 spiro atoms. The topological polar surface area (TPSA) is 52.8 Å². The zero-order valence-corrected chi connectivity index (χ0v) is 24.8. The van der Waals surface area contributed by atoms with Gasteiger partial charge in [0.25, 0.3) is 5.56 Å². The lowest BCUT2D eigenvalue weighted by Crippen LogP contribution is -2.39. The third kappa shape index (κ3) is 6.37. The van der Waals surface area contributed by atoms with E-state index in [1.807, 2.05) is 36.4 Å². The van der Waals surface area contributed by atoms with Crippen LogP contribution in [0.5, 0.6) is 11.5 Å². The summed E-state index contributed by atoms with van der Waals surface area (Å²) in [5.41, 5.74) is 4.87. The number of halogens is 5. The minimum absolute atomic E-state index is 0.0264. The summed E-state index contributed by atoms with van der Waals surface area (Å²) in [6.45, 7) is -5.85. The number of nitrogens with zero attached hydrogens (tertiary/aromatic N) is 2. The maximum Gasteiger partial charge on any atom is 0.387 e. The molecule has 0 N–H and O–H groups in total. The van der Waals surface area contributed by atoms with E-state index in [0.29, 0.717) is 15.8 Å². The van der Waals surface area contributed by atoms with Crippen LogP contribution in [-0.2, 0) is 0 Å². The molecule has 0 saturated carbocycles. The highest BCUT2D eigenvalue weighted by Gasteiger charge is 2.32. The predicted molar refractivity (Wildman–Crippen MR) is 160 cm³/mol. The summed E-state index contributed by atoms with van der Waals surface area (Å²) in [6, 6.07) is 19.8. The third-order valence-corrected chi connectivity index (χ3v) is 8.62. The molecule has 4 aromatic rings. The number of benzene rings is 3. The molecule has 0 amide bonds. The molecule has 43 heavy (non-hydrogen) atoms. The highest BCUT2D eigenvalue weighted by atomic mass is 79.9. The van der Waals surface area contributed by atoms with Crippen molar-refractivity contribution in [3.05, 3.63) is 130 Å². The van der Waals surface area contributed by atoms with Gasteiger partial charge in [-0.1, -0.05) is 63.7 Å². The minimum Gasteiger partial charge on any atom is -0.435 e. The number of allylic oxidation sites excluding steroid dienone is 2. The number of aromatic nitrogens is 1. The summed E-state index contributed by atoms with van der Waals surface area (Å²) in [5.74, 6) is 0.0951. The van der Waals surface area contributed by atoms with Crippen molar-refractivity contribution in [2.45, 2.75) is 38.5 Å². The van der Waals surface area contributed by atoms with Crippen molar-refractivity contribution in [3.8, 4) is 11.5 Å². The molecular formula is C32H23BrF4N2O3S. The van der Waals surface area contributed by atoms with Crippen molar-refractivity contribution in [3.63, 3.8) is 0 Å². The third-order valence-electron chi connectivity index (χ3n) is 7.15. The van der Waals surface area contributed by atoms with E-state index in [1.165, 1.54) is 35.6 Å². The van der Waals surface area contributed by atoms with Crippen LogP contribution in [0.4, 0.5) is 17.6 Å². The summed E-state index contributed by atoms with van der Waals surface area (Å²) in [5, 5.41) is 0. The van der Waals surface area contributed by atoms with Crippen molar-refractivity contribution in [2.24, 2.45) is 4.99 Å². The molecule has 1 aliphatic carbocycles. The fourth-order valence-electron chi connectivity index (χ4n) is 5.38. The number of ether oxygens (including phenoxy) is 2. The summed E-state index contributed by atoms with van der Waals surface area (Å²) in [7, 11) is 0. The summed E-state index contributed by atoms with van der Waals surface area (Å²) in [6.07, 6.45) is 6.02. The van der Waals surface area contributed by atoms with Gasteiger partial charge in [-0.25, -0.2) is 4.99 Å². The zero-order chi connectivity index (χ0) is 30.1. The molecule has 2 aliphatic rings. The molecule has 0 saturated heterocycles. The summed E-state index contributed by atoms with van der Waals surface area (Å²) < 4.78 is 62.9. The van der Waals surface area contributed by atoms with Gasteiger partial charge in [0.15, 0.2) is 4.80 Å². The molecule has 2 heterocycles. The van der Waals surface area contributed by atoms with Gasteiger partial charge in [-0.3, -0.25) is 9.36 Å². The second-order valence-corrected chi connectivity index (χ2v) is 11.9. The van der Waals surface area contributed by atoms with Gasteiger partial charge < -0.3 is 9.47 Å². The minimum atomic E-state index is -2.95. The van der Waals surface area contributed by atoms with Gasteiger partial charge in [-0.15, -0.1) is 0 Å². The van der Waals surface area contributed by atoms with Crippen LogP contribution in [0.2, 0.25) is 0 Å². The van der Waals surface area contributed by atoms with E-state index in [2.05, 4.69) is 25.4 Å². The maximum atomic E-state index is 13.9. The Labute approximate surface area is 255 Å². The van der Waals surface area contributed by atoms with Crippen molar-refractivity contribution in [1.82, 2.24) is 4.57 Å². The van der Waals surface area contributed by atoms with Gasteiger partial charge >= 0.3 is 13.2 Å². The molecule has 11 heteroatoms. The van der Waals surface area contributed by atoms with Crippen LogP contribution in [0.25, 0.3) is 12.2 Å². The summed E-state index contributed by atoms with van der Waals surface area (Å²) in [4.78, 5) is 19.4. The molecular weight excluding hydrogens is 648 g/mol. The van der Waals surface area contributed by atoms with E-state index in [1.54, 1.807) is 28.8 Å². The Morgan fingerprint density at radius 3 is 2.21 bits per heavy atom. The highest BCUT2D eigenvalue weighted by Crippen LogP contribution is 2.41. The monoisotopic (exact) mass is 670 g/mol. The van der Waals surface area contributed by atoms with Crippen LogP contribution in [-0.4, -0.2) is 17.8 Å². The number of alkyl halides is 4. The smallest absolute Gasteiger partial charge is 0.387 e. The second kappa shape index (κ2) is 12.3. The average Bonchev–Trinajstić information content (AvgIpc) is 3.27. The second-order valence-electron chi connectivity index (χ2n) is 9.93. The predicted octanol–water partition coefficient (Wildman–Crippen LogP) is 7.45. The highest BCUT2D eigenvalue weighted by molar-refractivity contribution is 9.10. The Bertz CT molecular complexity index is 1900. The first-order valence-corrected chi connectivity index (χ1v) is 15.0. The SMILES string of the molecule is O=c1/c(=C/c2cccc(Br)c2)sc2n1[C@@H](c1ccc(OC(F)F)cc1)C1=C(N=2)/C(=C\c2ccc(OC(F)F)cc2)CCC1. The van der Waals surface area contributed by atoms with Crippen LogP contribution in [0.15, 0.2) is 104 Å². The van der Waals surface area contributed by atoms with Crippen molar-refractivity contribution >= 4 is 39.4 Å². The molecule has 3 aromatic carbocycles. The van der Waals surface area contributed by atoms with E-state index >= 15 is 0 Å². The number of thiazole rings is 1. The molecule has 0 fully saturated rings. The van der Waals surface area contributed by atoms with Gasteiger partial charge in [0.05, 0.1) is 16.3 Å². The van der Waals surface area contributed by atoms with Gasteiger partial charge in [-0.2, -0.15) is 17.6 Å². The van der Waals surface area contributed by atoms with E-state index in [-0.39, 0.29) is 17.1 Å². The first-order valence-electron chi connectivity index (χ1n) is 13.4. The van der Waals surface area contributed by atoms with E-state index < -0.39 is 19.3 Å². The van der Waals surface area contributed by atoms with Crippen LogP contribution in [0.3, 0.4) is 0 Å². The Hall–Kier alpha value is -3.96. The fraction of sp³-hybridized carbons (Fsp3) is 0.188. The van der Waals surface area contributed by atoms with Crippen LogP contribution >= 0.6 is 27.3 Å². The van der Waals surface area contributed by atoms with Gasteiger partial charge in [-0.05, 0) is 95.6 Å². The van der Waals surface area contributed by atoms with Gasteiger partial charge in [0, 0.05) is 4.47 Å². The molecule has 6 rings (SSSR count). The van der Waals surface area contributed by atoms with Crippen LogP contribution in [0.1, 0.15) is 42.0 Å². The number of hydrogen-bond donors (Lipinski definition) is 0. The van der Waals surface area contributed by atoms with Gasteiger partial charge in [0.1, 0.15) is 11.5 Å². The Morgan fingerprint density at radius 2 is 1.56 bits per heavy atom. The van der Waals surface area contributed by atoms with E-state index in [0.717, 1.165) is 50.8 Å². The first-order chi connectivity index (χ1) is 20.7. The van der Waals surface area contributed by atoms with E-state index in [4.69, 9.17) is 4.99 Å². The molecule has 220 valence electrons. The van der Waals surface area contributed by atoms with E-state index in [9.17, 15) is 22.4 Å². The lowest BCUT2D eigenvalue weighted by atomic mass is 9.84. The fourth-order valence-corrected chi connectivity index (χ4v) is 6.80. The molecule has 0 radical (unpaired) electrons. The Morgan fingerprint density at radius 1 is 0.884 bits per heavy atom. The van der Waals surface area contributed by atoms with Crippen molar-refractivity contribution in [2.75, 3.05) is 0 Å². The maximum absolute atomic E-state index is 13.9. The average molecular weight is 672 g/mol. The molecule has 1 atom stereocenters. The standard InChI is InChI=1S/C32H23BrF4N2O3S/c33-22-5-1-3-19(16-22)17-26-29(40)39-28(20-9-13-24(14-10-20)42-31(36)37)25-6-2-4-21(27(25)38-32(39)43-26)15-18-7-11-23(12-8-18)41-30(34)35/h1,3,5,7-17,28,30-31H,2,4,6H2/b21-15-,26-17-/t28-/m0/s1. The zero-order valence-electron chi connectivity index (χ0n) is 22.4. The van der Waals surface area contributed by atoms with Crippen molar-refractivity contribution in [1.29, 1.82) is 0 Å². The molecule has 0 unspecified atom stereocenters. The summed E-state index contributed by atoms with van der Waals surface area (Å²) >= 11 is 4.76. The molecule has 1 aliphatic heterocycles. The number of fused-ring (bicyclic) bond motifs is 1. The molecule has 1 aromatic heterocycles. The lowest BCUT2D eigenvalue weighted by molar-refractivity contribution is -0.0505. The van der Waals surface area contributed by atoms with Crippen LogP contribution < -0.4 is 24.4 Å². The quantitative estimate of drug-likeness (QED) is 0.192. The number of rotatable bonds is 7. The Balaban J connectivity index is 1.49. The lowest BCUT2D eigenvalue weighted by Gasteiger charge is -2.31.